The molecule has 5 rings (SSSR count). The number of rotatable bonds is 5. The average molecular weight is 435 g/mol. The van der Waals surface area contributed by atoms with Crippen molar-refractivity contribution in [1.29, 1.82) is 0 Å². The quantitative estimate of drug-likeness (QED) is 0.360. The number of aromatic nitrogens is 5. The zero-order valence-corrected chi connectivity index (χ0v) is 18.3. The molecule has 0 N–H and O–H groups in total. The monoisotopic (exact) mass is 435 g/mol. The van der Waals surface area contributed by atoms with Crippen LogP contribution in [0, 0.1) is 6.92 Å². The second kappa shape index (κ2) is 8.63. The number of nitrogens with zero attached hydrogens (tertiary/aromatic N) is 5. The van der Waals surface area contributed by atoms with Gasteiger partial charge in [0.15, 0.2) is 11.3 Å². The van der Waals surface area contributed by atoms with E-state index in [1.54, 1.807) is 11.6 Å². The van der Waals surface area contributed by atoms with Crippen LogP contribution in [-0.2, 0) is 4.74 Å². The predicted molar refractivity (Wildman–Crippen MR) is 126 cm³/mol. The van der Waals surface area contributed by atoms with Crippen LogP contribution in [0.15, 0.2) is 78.9 Å². The molecule has 0 fully saturated rings. The normalized spacial score (nSPS) is 11.0. The third-order valence-electron chi connectivity index (χ3n) is 5.27. The Morgan fingerprint density at radius 3 is 2.30 bits per heavy atom. The van der Waals surface area contributed by atoms with Crippen LogP contribution < -0.4 is 0 Å². The Morgan fingerprint density at radius 1 is 0.909 bits per heavy atom. The molecule has 0 atom stereocenters. The number of fused-ring (bicyclic) bond motifs is 1. The number of carbonyl (C=O) groups is 1. The van der Waals surface area contributed by atoms with Crippen molar-refractivity contribution in [3.63, 3.8) is 0 Å². The molecule has 0 aliphatic rings. The number of benzene rings is 2. The highest BCUT2D eigenvalue weighted by molar-refractivity contribution is 5.96. The molecule has 0 saturated heterocycles. The molecule has 7 nitrogen and oxygen atoms in total. The van der Waals surface area contributed by atoms with Gasteiger partial charge in [0.05, 0.1) is 18.0 Å². The van der Waals surface area contributed by atoms with E-state index in [-0.39, 0.29) is 12.3 Å². The summed E-state index contributed by atoms with van der Waals surface area (Å²) < 4.78 is 6.93. The van der Waals surface area contributed by atoms with Crippen LogP contribution in [0.4, 0.5) is 0 Å². The summed E-state index contributed by atoms with van der Waals surface area (Å²) in [6.45, 7) is 3.94. The van der Waals surface area contributed by atoms with Gasteiger partial charge in [0.2, 0.25) is 0 Å². The van der Waals surface area contributed by atoms with Gasteiger partial charge >= 0.3 is 5.97 Å². The molecule has 0 aliphatic carbocycles. The zero-order valence-electron chi connectivity index (χ0n) is 18.3. The van der Waals surface area contributed by atoms with Crippen molar-refractivity contribution in [2.45, 2.75) is 13.8 Å². The Bertz CT molecular complexity index is 1450. The van der Waals surface area contributed by atoms with E-state index in [4.69, 9.17) is 9.72 Å². The van der Waals surface area contributed by atoms with Crippen LogP contribution in [0.3, 0.4) is 0 Å². The lowest BCUT2D eigenvalue weighted by atomic mass is 10.1. The fraction of sp³-hybridized carbons (Fsp3) is 0.115. The number of carbonyl (C=O) groups excluding carboxylic acids is 1. The molecule has 0 saturated carbocycles. The van der Waals surface area contributed by atoms with E-state index in [0.717, 1.165) is 33.6 Å². The van der Waals surface area contributed by atoms with Crippen molar-refractivity contribution in [3.05, 3.63) is 90.3 Å². The number of ether oxygens (including phenoxy) is 1. The first kappa shape index (κ1) is 20.5. The van der Waals surface area contributed by atoms with Gasteiger partial charge in [-0.2, -0.15) is 0 Å². The fourth-order valence-corrected chi connectivity index (χ4v) is 3.76. The lowest BCUT2D eigenvalue weighted by Gasteiger charge is -2.13. The molecule has 0 spiro atoms. The summed E-state index contributed by atoms with van der Waals surface area (Å²) in [6.07, 6.45) is 0. The summed E-state index contributed by atoms with van der Waals surface area (Å²) in [5, 5.41) is 9.40. The van der Waals surface area contributed by atoms with Crippen molar-refractivity contribution in [1.82, 2.24) is 25.0 Å². The highest BCUT2D eigenvalue weighted by Gasteiger charge is 2.24. The van der Waals surface area contributed by atoms with E-state index in [9.17, 15) is 4.79 Å². The minimum absolute atomic E-state index is 0.161. The maximum Gasteiger partial charge on any atom is 0.361 e. The second-order valence-electron chi connectivity index (χ2n) is 7.50. The van der Waals surface area contributed by atoms with Gasteiger partial charge in [-0.25, -0.2) is 19.4 Å². The molecule has 2 aromatic carbocycles. The summed E-state index contributed by atoms with van der Waals surface area (Å²) in [4.78, 5) is 22.2. The third kappa shape index (κ3) is 3.85. The Morgan fingerprint density at radius 2 is 1.61 bits per heavy atom. The average Bonchev–Trinajstić information content (AvgIpc) is 3.29. The van der Waals surface area contributed by atoms with Crippen LogP contribution in [0.2, 0.25) is 0 Å². The molecular formula is C26H21N5O2. The van der Waals surface area contributed by atoms with Gasteiger partial charge in [-0.3, -0.25) is 0 Å². The van der Waals surface area contributed by atoms with Crippen LogP contribution in [0.5, 0.6) is 0 Å². The standard InChI is InChI=1S/C26H21N5O2/c1-3-33-26(32)23-24(19-12-8-5-9-13-19)31(30-29-23)22-16-21(18-10-6-4-7-11-18)28-25-20(22)15-14-17(2)27-25/h4-16H,3H2,1-2H3. The Kier molecular flexibility index (Phi) is 5.36. The molecule has 5 aromatic rings. The Hall–Kier alpha value is -4.39. The van der Waals surface area contributed by atoms with Crippen molar-refractivity contribution < 1.29 is 9.53 Å². The second-order valence-corrected chi connectivity index (χ2v) is 7.50. The largest absolute Gasteiger partial charge is 0.461 e. The lowest BCUT2D eigenvalue weighted by Crippen LogP contribution is -2.08. The van der Waals surface area contributed by atoms with Crippen molar-refractivity contribution in [2.24, 2.45) is 0 Å². The van der Waals surface area contributed by atoms with Gasteiger partial charge in [0, 0.05) is 22.2 Å². The number of esters is 1. The minimum atomic E-state index is -0.516. The van der Waals surface area contributed by atoms with E-state index in [2.05, 4.69) is 15.3 Å². The van der Waals surface area contributed by atoms with Gasteiger partial charge in [-0.15, -0.1) is 5.10 Å². The van der Waals surface area contributed by atoms with Crippen molar-refractivity contribution in [2.75, 3.05) is 6.61 Å². The molecule has 162 valence electrons. The lowest BCUT2D eigenvalue weighted by molar-refractivity contribution is 0.0520. The van der Waals surface area contributed by atoms with Crippen LogP contribution in [-0.4, -0.2) is 37.5 Å². The summed E-state index contributed by atoms with van der Waals surface area (Å²) in [5.74, 6) is -0.516. The first-order valence-electron chi connectivity index (χ1n) is 10.7. The van der Waals surface area contributed by atoms with Crippen LogP contribution in [0.25, 0.3) is 39.2 Å². The number of pyridine rings is 2. The molecule has 0 amide bonds. The molecule has 0 radical (unpaired) electrons. The SMILES string of the molecule is CCOC(=O)c1nnn(-c2cc(-c3ccccc3)nc3nc(C)ccc23)c1-c1ccccc1. The summed E-state index contributed by atoms with van der Waals surface area (Å²) in [7, 11) is 0. The fourth-order valence-electron chi connectivity index (χ4n) is 3.76. The molecular weight excluding hydrogens is 414 g/mol. The van der Waals surface area contributed by atoms with Gasteiger partial charge in [0.25, 0.3) is 0 Å². The Labute approximate surface area is 190 Å². The molecule has 7 heteroatoms. The van der Waals surface area contributed by atoms with Crippen molar-refractivity contribution >= 4 is 17.0 Å². The topological polar surface area (TPSA) is 82.8 Å². The highest BCUT2D eigenvalue weighted by Crippen LogP contribution is 2.31. The molecule has 3 aromatic heterocycles. The molecule has 0 aliphatic heterocycles. The number of hydrogen-bond acceptors (Lipinski definition) is 6. The smallest absolute Gasteiger partial charge is 0.361 e. The molecule has 0 bridgehead atoms. The summed E-state index contributed by atoms with van der Waals surface area (Å²) in [5.41, 5.74) is 5.42. The van der Waals surface area contributed by atoms with E-state index >= 15 is 0 Å². The van der Waals surface area contributed by atoms with Crippen LogP contribution >= 0.6 is 0 Å². The molecule has 33 heavy (non-hydrogen) atoms. The maximum absolute atomic E-state index is 12.7. The first-order valence-corrected chi connectivity index (χ1v) is 10.7. The van der Waals surface area contributed by atoms with E-state index in [0.29, 0.717) is 11.3 Å². The van der Waals surface area contributed by atoms with Gasteiger partial charge in [-0.05, 0) is 32.0 Å². The van der Waals surface area contributed by atoms with E-state index in [1.807, 2.05) is 85.8 Å². The first-order chi connectivity index (χ1) is 16.2. The number of aryl methyl sites for hydroxylation is 1. The minimum Gasteiger partial charge on any atom is -0.461 e. The third-order valence-corrected chi connectivity index (χ3v) is 5.27. The van der Waals surface area contributed by atoms with Crippen molar-refractivity contribution in [3.8, 4) is 28.2 Å². The maximum atomic E-state index is 12.7. The molecule has 0 unspecified atom stereocenters. The highest BCUT2D eigenvalue weighted by atomic mass is 16.5. The number of hydrogen-bond donors (Lipinski definition) is 0. The van der Waals surface area contributed by atoms with Gasteiger partial charge < -0.3 is 4.74 Å². The zero-order chi connectivity index (χ0) is 22.8. The summed E-state index contributed by atoms with van der Waals surface area (Å²) in [6, 6.07) is 25.3. The predicted octanol–water partition coefficient (Wildman–Crippen LogP) is 5.03. The van der Waals surface area contributed by atoms with Crippen LogP contribution in [0.1, 0.15) is 23.1 Å². The summed E-state index contributed by atoms with van der Waals surface area (Å²) >= 11 is 0. The van der Waals surface area contributed by atoms with Gasteiger partial charge in [0.1, 0.15) is 5.69 Å². The van der Waals surface area contributed by atoms with Gasteiger partial charge in [-0.1, -0.05) is 65.9 Å². The Balaban J connectivity index is 1.81. The van der Waals surface area contributed by atoms with E-state index in [1.165, 1.54) is 0 Å². The van der Waals surface area contributed by atoms with E-state index < -0.39 is 5.97 Å². The molecule has 3 heterocycles.